The van der Waals surface area contributed by atoms with Gasteiger partial charge in [0, 0.05) is 12.6 Å². The molecule has 1 atom stereocenters. The quantitative estimate of drug-likeness (QED) is 0.850. The second-order valence-electron chi connectivity index (χ2n) is 4.27. The highest BCUT2D eigenvalue weighted by molar-refractivity contribution is 7.11. The number of nitrogens with zero attached hydrogens (tertiary/aromatic N) is 1. The van der Waals surface area contributed by atoms with E-state index in [0.717, 1.165) is 6.20 Å². The van der Waals surface area contributed by atoms with Crippen LogP contribution in [-0.4, -0.2) is 16.3 Å². The maximum atomic E-state index is 12.3. The van der Waals surface area contributed by atoms with Gasteiger partial charge in [-0.3, -0.25) is 0 Å². The molecule has 0 bridgehead atoms. The SMILES string of the molecule is CC(O)(CCCC(F)(F)F)c1cnc(C(F)(F)F)s1. The Kier molecular flexibility index (Phi) is 4.51. The first-order valence-electron chi connectivity index (χ1n) is 5.24. The lowest BCUT2D eigenvalue weighted by atomic mass is 9.98. The molecule has 0 aliphatic heterocycles. The molecule has 0 aliphatic rings. The molecule has 1 rings (SSSR count). The standard InChI is InChI=1S/C10H11F6NOS/c1-8(18,3-2-4-9(11,12)13)6-5-17-7(19-6)10(14,15)16/h5,18H,2-4H2,1H3. The Morgan fingerprint density at radius 1 is 1.16 bits per heavy atom. The summed E-state index contributed by atoms with van der Waals surface area (Å²) in [6.07, 6.45) is -9.86. The van der Waals surface area contributed by atoms with Crippen LogP contribution in [0.4, 0.5) is 26.3 Å². The zero-order valence-electron chi connectivity index (χ0n) is 9.77. The van der Waals surface area contributed by atoms with E-state index in [2.05, 4.69) is 4.98 Å². The molecule has 19 heavy (non-hydrogen) atoms. The van der Waals surface area contributed by atoms with E-state index in [9.17, 15) is 31.4 Å². The minimum absolute atomic E-state index is 0.0954. The highest BCUT2D eigenvalue weighted by Crippen LogP contribution is 2.38. The molecule has 0 amide bonds. The molecule has 1 heterocycles. The van der Waals surface area contributed by atoms with Gasteiger partial charge in [-0.15, -0.1) is 11.3 Å². The second-order valence-corrected chi connectivity index (χ2v) is 5.30. The summed E-state index contributed by atoms with van der Waals surface area (Å²) < 4.78 is 72.8. The van der Waals surface area contributed by atoms with E-state index in [0.29, 0.717) is 0 Å². The van der Waals surface area contributed by atoms with Gasteiger partial charge in [0.05, 0.1) is 10.5 Å². The van der Waals surface area contributed by atoms with Crippen LogP contribution in [0.25, 0.3) is 0 Å². The van der Waals surface area contributed by atoms with E-state index in [-0.39, 0.29) is 29.1 Å². The lowest BCUT2D eigenvalue weighted by molar-refractivity contribution is -0.138. The van der Waals surface area contributed by atoms with Crippen LogP contribution in [0, 0.1) is 0 Å². The Labute approximate surface area is 109 Å². The van der Waals surface area contributed by atoms with E-state index in [1.165, 1.54) is 6.92 Å². The normalized spacial score (nSPS) is 16.4. The van der Waals surface area contributed by atoms with Gasteiger partial charge in [-0.2, -0.15) is 26.3 Å². The highest BCUT2D eigenvalue weighted by Gasteiger charge is 2.37. The van der Waals surface area contributed by atoms with Crippen molar-refractivity contribution in [3.8, 4) is 0 Å². The average Bonchev–Trinajstić information content (AvgIpc) is 2.62. The van der Waals surface area contributed by atoms with Crippen LogP contribution in [0.1, 0.15) is 36.1 Å². The highest BCUT2D eigenvalue weighted by atomic mass is 32.1. The van der Waals surface area contributed by atoms with Crippen LogP contribution in [0.15, 0.2) is 6.20 Å². The number of alkyl halides is 6. The Morgan fingerprint density at radius 2 is 1.74 bits per heavy atom. The molecule has 0 saturated heterocycles. The van der Waals surface area contributed by atoms with Gasteiger partial charge in [0.2, 0.25) is 0 Å². The molecule has 110 valence electrons. The lowest BCUT2D eigenvalue weighted by Gasteiger charge is -2.21. The molecule has 9 heteroatoms. The summed E-state index contributed by atoms with van der Waals surface area (Å²) in [5.41, 5.74) is -1.74. The van der Waals surface area contributed by atoms with Gasteiger partial charge in [-0.1, -0.05) is 0 Å². The Hall–Kier alpha value is -0.830. The number of hydrogen-bond donors (Lipinski definition) is 1. The monoisotopic (exact) mass is 307 g/mol. The Bertz CT molecular complexity index is 422. The van der Waals surface area contributed by atoms with Gasteiger partial charge < -0.3 is 5.11 Å². The molecule has 2 nitrogen and oxygen atoms in total. The third-order valence-electron chi connectivity index (χ3n) is 2.40. The van der Waals surface area contributed by atoms with Crippen molar-refractivity contribution in [3.05, 3.63) is 16.1 Å². The number of hydrogen-bond acceptors (Lipinski definition) is 3. The molecule has 1 aromatic heterocycles. The molecular weight excluding hydrogens is 296 g/mol. The van der Waals surface area contributed by atoms with E-state index in [1.54, 1.807) is 0 Å². The minimum atomic E-state index is -4.62. The molecule has 0 aliphatic carbocycles. The topological polar surface area (TPSA) is 33.1 Å². The number of halogens is 6. The summed E-state index contributed by atoms with van der Waals surface area (Å²) in [5, 5.41) is 8.77. The van der Waals surface area contributed by atoms with Gasteiger partial charge in [-0.05, 0) is 19.8 Å². The fourth-order valence-corrected chi connectivity index (χ4v) is 2.27. The van der Waals surface area contributed by atoms with Crippen molar-refractivity contribution in [3.63, 3.8) is 0 Å². The maximum Gasteiger partial charge on any atom is 0.443 e. The zero-order valence-corrected chi connectivity index (χ0v) is 10.6. The van der Waals surface area contributed by atoms with Crippen LogP contribution in [-0.2, 0) is 11.8 Å². The van der Waals surface area contributed by atoms with Crippen LogP contribution in [0.3, 0.4) is 0 Å². The van der Waals surface area contributed by atoms with E-state index in [4.69, 9.17) is 0 Å². The van der Waals surface area contributed by atoms with Crippen LogP contribution >= 0.6 is 11.3 Å². The lowest BCUT2D eigenvalue weighted by Crippen LogP contribution is -2.20. The molecule has 1 aromatic rings. The van der Waals surface area contributed by atoms with Crippen molar-refractivity contribution in [1.82, 2.24) is 4.98 Å². The zero-order chi connectivity index (χ0) is 14.9. The molecule has 0 radical (unpaired) electrons. The smallest absolute Gasteiger partial charge is 0.385 e. The van der Waals surface area contributed by atoms with E-state index < -0.39 is 29.4 Å². The molecule has 0 spiro atoms. The molecule has 1 unspecified atom stereocenters. The predicted octanol–water partition coefficient (Wildman–Crippen LogP) is 4.10. The number of aromatic nitrogens is 1. The number of aliphatic hydroxyl groups is 1. The maximum absolute atomic E-state index is 12.3. The van der Waals surface area contributed by atoms with Crippen molar-refractivity contribution in [2.75, 3.05) is 0 Å². The third kappa shape index (κ3) is 4.98. The molecule has 0 fully saturated rings. The fourth-order valence-electron chi connectivity index (χ4n) is 1.41. The largest absolute Gasteiger partial charge is 0.443 e. The first-order valence-corrected chi connectivity index (χ1v) is 6.06. The summed E-state index contributed by atoms with van der Waals surface area (Å²) in [5.74, 6) is 0. The Balaban J connectivity index is 2.69. The van der Waals surface area contributed by atoms with Crippen molar-refractivity contribution < 1.29 is 31.4 Å². The van der Waals surface area contributed by atoms with Crippen molar-refractivity contribution >= 4 is 11.3 Å². The summed E-state index contributed by atoms with van der Waals surface area (Å²) in [4.78, 5) is 3.03. The molecule has 0 aromatic carbocycles. The van der Waals surface area contributed by atoms with E-state index >= 15 is 0 Å². The van der Waals surface area contributed by atoms with Crippen molar-refractivity contribution in [2.24, 2.45) is 0 Å². The van der Waals surface area contributed by atoms with Gasteiger partial charge in [0.15, 0.2) is 5.01 Å². The summed E-state index contributed by atoms with van der Waals surface area (Å²) in [7, 11) is 0. The summed E-state index contributed by atoms with van der Waals surface area (Å²) >= 11 is 0.237. The first kappa shape index (κ1) is 16.2. The van der Waals surface area contributed by atoms with Crippen LogP contribution < -0.4 is 0 Å². The van der Waals surface area contributed by atoms with Gasteiger partial charge >= 0.3 is 12.4 Å². The molecular formula is C10H11F6NOS. The van der Waals surface area contributed by atoms with E-state index in [1.807, 2.05) is 0 Å². The second kappa shape index (κ2) is 5.28. The molecule has 1 N–H and O–H groups in total. The fraction of sp³-hybridized carbons (Fsp3) is 0.700. The van der Waals surface area contributed by atoms with Gasteiger partial charge in [0.25, 0.3) is 0 Å². The summed E-state index contributed by atoms with van der Waals surface area (Å²) in [6, 6.07) is 0. The predicted molar refractivity (Wildman–Crippen MR) is 56.6 cm³/mol. The molecule has 0 saturated carbocycles. The van der Waals surface area contributed by atoms with Gasteiger partial charge in [-0.25, -0.2) is 4.98 Å². The van der Waals surface area contributed by atoms with Crippen LogP contribution in [0.2, 0.25) is 0 Å². The third-order valence-corrected chi connectivity index (χ3v) is 3.70. The summed E-state index contributed by atoms with van der Waals surface area (Å²) in [6.45, 7) is 1.18. The first-order chi connectivity index (χ1) is 8.42. The van der Waals surface area contributed by atoms with Gasteiger partial charge in [0.1, 0.15) is 0 Å². The average molecular weight is 307 g/mol. The Morgan fingerprint density at radius 3 is 2.16 bits per heavy atom. The van der Waals surface area contributed by atoms with Crippen LogP contribution in [0.5, 0.6) is 0 Å². The van der Waals surface area contributed by atoms with Crippen molar-refractivity contribution in [1.29, 1.82) is 0 Å². The number of rotatable bonds is 4. The minimum Gasteiger partial charge on any atom is -0.385 e. The van der Waals surface area contributed by atoms with Crippen molar-refractivity contribution in [2.45, 2.75) is 44.1 Å². The number of thiazole rings is 1.